The number of rotatable bonds is 8. The molecule has 0 aliphatic carbocycles. The number of hydrogen-bond acceptors (Lipinski definition) is 9. The highest BCUT2D eigenvalue weighted by Gasteiger charge is 2.19. The highest BCUT2D eigenvalue weighted by atomic mass is 19.1. The molecule has 0 bridgehead atoms. The Morgan fingerprint density at radius 2 is 1.79 bits per heavy atom. The number of aromatic amines is 1. The van der Waals surface area contributed by atoms with Gasteiger partial charge in [-0.25, -0.2) is 14.4 Å². The van der Waals surface area contributed by atoms with Crippen LogP contribution in [0.25, 0.3) is 22.6 Å². The van der Waals surface area contributed by atoms with Crippen LogP contribution in [0, 0.1) is 19.7 Å². The van der Waals surface area contributed by atoms with E-state index in [1.54, 1.807) is 63.5 Å². The number of nitrogens with one attached hydrogen (secondary N) is 3. The first kappa shape index (κ1) is 28.4. The number of H-pyrrole nitrogens is 1. The second-order valence-corrected chi connectivity index (χ2v) is 10.5. The molecule has 12 heteroatoms. The number of anilines is 2. The van der Waals surface area contributed by atoms with Crippen molar-refractivity contribution in [1.82, 2.24) is 40.4 Å². The van der Waals surface area contributed by atoms with Crippen molar-refractivity contribution in [1.29, 1.82) is 0 Å². The Hall–Kier alpha value is -5.10. The molecule has 5 aromatic heterocycles. The predicted octanol–water partition coefficient (Wildman–Crippen LogP) is 4.94. The zero-order chi connectivity index (χ0) is 30.0. The lowest BCUT2D eigenvalue weighted by atomic mass is 10.1. The molecule has 0 fully saturated rings. The molecule has 1 amide bonds. The molecule has 5 rings (SSSR count). The maximum atomic E-state index is 13.7. The number of hydrogen-bond donors (Lipinski definition) is 4. The lowest BCUT2D eigenvalue weighted by Gasteiger charge is -2.14. The molecule has 5 heterocycles. The summed E-state index contributed by atoms with van der Waals surface area (Å²) in [4.78, 5) is 34.8. The van der Waals surface area contributed by atoms with E-state index in [1.165, 1.54) is 12.3 Å². The van der Waals surface area contributed by atoms with Crippen molar-refractivity contribution in [3.8, 4) is 22.6 Å². The molecule has 0 saturated heterocycles. The van der Waals surface area contributed by atoms with Crippen LogP contribution < -0.4 is 10.6 Å². The van der Waals surface area contributed by atoms with Crippen LogP contribution in [0.2, 0.25) is 0 Å². The van der Waals surface area contributed by atoms with Crippen LogP contribution >= 0.6 is 0 Å². The fraction of sp³-hybridized carbons (Fsp3) is 0.233. The molecule has 0 radical (unpaired) electrons. The molecule has 4 N–H and O–H groups in total. The SMILES string of the molecule is Cc1cc(Nc2cc(C(C)(C)O)[nH]n2)nc(-c2ccc(C(=O)NC(C)c3ccc(-c4cc(F)cnc4C)nc3)nc2)n1. The Bertz CT molecular complexity index is 1730. The normalized spacial score (nSPS) is 12.2. The minimum atomic E-state index is -1.06. The fourth-order valence-corrected chi connectivity index (χ4v) is 4.19. The van der Waals surface area contributed by atoms with Crippen LogP contribution in [-0.2, 0) is 5.60 Å². The molecule has 0 aliphatic heterocycles. The fourth-order valence-electron chi connectivity index (χ4n) is 4.19. The summed E-state index contributed by atoms with van der Waals surface area (Å²) in [6.07, 6.45) is 4.37. The molecular weight excluding hydrogens is 537 g/mol. The third kappa shape index (κ3) is 6.44. The highest BCUT2D eigenvalue weighted by Crippen LogP contribution is 2.25. The van der Waals surface area contributed by atoms with Gasteiger partial charge in [0, 0.05) is 47.0 Å². The zero-order valence-electron chi connectivity index (χ0n) is 23.8. The van der Waals surface area contributed by atoms with E-state index in [-0.39, 0.29) is 17.6 Å². The third-order valence-corrected chi connectivity index (χ3v) is 6.57. The Morgan fingerprint density at radius 1 is 0.976 bits per heavy atom. The molecule has 0 aromatic carbocycles. The van der Waals surface area contributed by atoms with Crippen molar-refractivity contribution in [2.75, 3.05) is 5.32 Å². The minimum Gasteiger partial charge on any atom is -0.384 e. The summed E-state index contributed by atoms with van der Waals surface area (Å²) < 4.78 is 13.7. The van der Waals surface area contributed by atoms with E-state index >= 15 is 0 Å². The van der Waals surface area contributed by atoms with Crippen LogP contribution in [-0.4, -0.2) is 46.1 Å². The number of aliphatic hydroxyl groups is 1. The van der Waals surface area contributed by atoms with Crippen molar-refractivity contribution in [2.24, 2.45) is 0 Å². The highest BCUT2D eigenvalue weighted by molar-refractivity contribution is 5.92. The number of aromatic nitrogens is 7. The standard InChI is InChI=1S/C30H30FN9O2/c1-16-10-26(37-27-12-25(39-40-27)30(4,5)42)38-28(35-16)20-7-9-24(34-14-20)29(41)36-17(2)19-6-8-23(33-13-19)22-11-21(31)15-32-18(22)3/h6-15,17,42H,1-5H3,(H,36,41)(H2,35,37,38,39,40). The van der Waals surface area contributed by atoms with Crippen LogP contribution in [0.15, 0.2) is 61.1 Å². The average molecular weight is 568 g/mol. The van der Waals surface area contributed by atoms with Gasteiger partial charge in [0.2, 0.25) is 0 Å². The first-order chi connectivity index (χ1) is 20.0. The Balaban J connectivity index is 1.25. The molecule has 11 nitrogen and oxygen atoms in total. The summed E-state index contributed by atoms with van der Waals surface area (Å²) in [6, 6.07) is 11.5. The molecular formula is C30H30FN9O2. The predicted molar refractivity (Wildman–Crippen MR) is 155 cm³/mol. The van der Waals surface area contributed by atoms with Crippen molar-refractivity contribution in [2.45, 2.75) is 46.3 Å². The van der Waals surface area contributed by atoms with Gasteiger partial charge in [0.15, 0.2) is 11.6 Å². The molecule has 5 aromatic rings. The van der Waals surface area contributed by atoms with Gasteiger partial charge in [-0.2, -0.15) is 5.10 Å². The minimum absolute atomic E-state index is 0.235. The van der Waals surface area contributed by atoms with Gasteiger partial charge in [0.05, 0.1) is 23.6 Å². The van der Waals surface area contributed by atoms with Gasteiger partial charge in [0.25, 0.3) is 5.91 Å². The first-order valence-corrected chi connectivity index (χ1v) is 13.2. The van der Waals surface area contributed by atoms with Crippen LogP contribution in [0.1, 0.15) is 59.9 Å². The Morgan fingerprint density at radius 3 is 2.45 bits per heavy atom. The maximum Gasteiger partial charge on any atom is 0.270 e. The van der Waals surface area contributed by atoms with Gasteiger partial charge < -0.3 is 15.7 Å². The van der Waals surface area contributed by atoms with E-state index in [9.17, 15) is 14.3 Å². The number of carbonyl (C=O) groups is 1. The van der Waals surface area contributed by atoms with Crippen LogP contribution in [0.5, 0.6) is 0 Å². The van der Waals surface area contributed by atoms with E-state index < -0.39 is 11.4 Å². The number of carbonyl (C=O) groups excluding carboxylic acids is 1. The largest absolute Gasteiger partial charge is 0.384 e. The molecule has 0 spiro atoms. The summed E-state index contributed by atoms with van der Waals surface area (Å²) >= 11 is 0. The summed E-state index contributed by atoms with van der Waals surface area (Å²) in [5, 5.41) is 23.2. The van der Waals surface area contributed by atoms with Crippen LogP contribution in [0.3, 0.4) is 0 Å². The van der Waals surface area contributed by atoms with Gasteiger partial charge in [-0.05, 0) is 64.4 Å². The number of halogens is 1. The Kier molecular flexibility index (Phi) is 7.72. The second-order valence-electron chi connectivity index (χ2n) is 10.5. The van der Waals surface area contributed by atoms with Crippen LogP contribution in [0.4, 0.5) is 16.0 Å². The van der Waals surface area contributed by atoms with E-state index in [0.717, 1.165) is 11.3 Å². The Labute approximate surface area is 241 Å². The summed E-state index contributed by atoms with van der Waals surface area (Å²) in [7, 11) is 0. The van der Waals surface area contributed by atoms with Gasteiger partial charge in [-0.15, -0.1) is 0 Å². The van der Waals surface area contributed by atoms with Crippen molar-refractivity contribution in [3.05, 3.63) is 95.2 Å². The smallest absolute Gasteiger partial charge is 0.270 e. The van der Waals surface area contributed by atoms with Gasteiger partial charge in [-0.3, -0.25) is 24.8 Å². The topological polar surface area (TPSA) is 154 Å². The maximum absolute atomic E-state index is 13.7. The van der Waals surface area contributed by atoms with Crippen molar-refractivity contribution < 1.29 is 14.3 Å². The van der Waals surface area contributed by atoms with E-state index in [1.807, 2.05) is 19.9 Å². The summed E-state index contributed by atoms with van der Waals surface area (Å²) in [6.45, 7) is 8.81. The number of nitrogens with zero attached hydrogens (tertiary/aromatic N) is 6. The lowest BCUT2D eigenvalue weighted by molar-refractivity contribution is 0.0738. The van der Waals surface area contributed by atoms with Crippen molar-refractivity contribution >= 4 is 17.5 Å². The molecule has 1 atom stereocenters. The molecule has 214 valence electrons. The van der Waals surface area contributed by atoms with Crippen molar-refractivity contribution in [3.63, 3.8) is 0 Å². The van der Waals surface area contributed by atoms with Gasteiger partial charge in [0.1, 0.15) is 22.9 Å². The van der Waals surface area contributed by atoms with E-state index in [4.69, 9.17) is 0 Å². The third-order valence-electron chi connectivity index (χ3n) is 6.57. The quantitative estimate of drug-likeness (QED) is 0.204. The van der Waals surface area contributed by atoms with Gasteiger partial charge >= 0.3 is 0 Å². The summed E-state index contributed by atoms with van der Waals surface area (Å²) in [5.74, 6) is 0.671. The zero-order valence-corrected chi connectivity index (χ0v) is 23.8. The number of aryl methyl sites for hydroxylation is 2. The number of pyridine rings is 3. The lowest BCUT2D eigenvalue weighted by Crippen LogP contribution is -2.27. The van der Waals surface area contributed by atoms with Gasteiger partial charge in [-0.1, -0.05) is 6.07 Å². The van der Waals surface area contributed by atoms with E-state index in [0.29, 0.717) is 45.7 Å². The molecule has 1 unspecified atom stereocenters. The van der Waals surface area contributed by atoms with E-state index in [2.05, 4.69) is 45.8 Å². The monoisotopic (exact) mass is 567 g/mol. The second kappa shape index (κ2) is 11.4. The first-order valence-electron chi connectivity index (χ1n) is 13.2. The number of amides is 1. The molecule has 42 heavy (non-hydrogen) atoms. The molecule has 0 saturated carbocycles. The molecule has 0 aliphatic rings. The summed E-state index contributed by atoms with van der Waals surface area (Å²) in [5.41, 5.74) is 3.77. The average Bonchev–Trinajstić information content (AvgIpc) is 3.43.